The number of likely N-dealkylation sites (tertiary alicyclic amines) is 1. The Bertz CT molecular complexity index is 632. The van der Waals surface area contributed by atoms with Crippen LogP contribution in [0.3, 0.4) is 0 Å². The molecule has 2 amide bonds. The van der Waals surface area contributed by atoms with Gasteiger partial charge in [0.15, 0.2) is 11.5 Å². The molecule has 2 N–H and O–H groups in total. The molecule has 20 heavy (non-hydrogen) atoms. The van der Waals surface area contributed by atoms with E-state index in [-0.39, 0.29) is 23.6 Å². The van der Waals surface area contributed by atoms with Crippen LogP contribution in [0.5, 0.6) is 0 Å². The number of furan rings is 1. The van der Waals surface area contributed by atoms with Crippen LogP contribution in [0, 0.1) is 0 Å². The van der Waals surface area contributed by atoms with E-state index >= 15 is 0 Å². The predicted molar refractivity (Wildman–Crippen MR) is 69.8 cm³/mol. The van der Waals surface area contributed by atoms with Gasteiger partial charge in [-0.2, -0.15) is 5.10 Å². The van der Waals surface area contributed by atoms with Crippen LogP contribution in [0.2, 0.25) is 0 Å². The monoisotopic (exact) mass is 274 g/mol. The summed E-state index contributed by atoms with van der Waals surface area (Å²) >= 11 is 0. The van der Waals surface area contributed by atoms with Gasteiger partial charge in [-0.3, -0.25) is 14.7 Å². The van der Waals surface area contributed by atoms with E-state index in [9.17, 15) is 9.59 Å². The lowest BCUT2D eigenvalue weighted by molar-refractivity contribution is -0.126. The van der Waals surface area contributed by atoms with E-state index in [2.05, 4.69) is 15.5 Å². The minimum Gasteiger partial charge on any atom is -0.463 e. The van der Waals surface area contributed by atoms with Crippen LogP contribution in [-0.2, 0) is 4.79 Å². The van der Waals surface area contributed by atoms with Gasteiger partial charge in [0.25, 0.3) is 5.91 Å². The Morgan fingerprint density at radius 2 is 2.45 bits per heavy atom. The van der Waals surface area contributed by atoms with Gasteiger partial charge in [0.05, 0.1) is 12.3 Å². The van der Waals surface area contributed by atoms with Crippen molar-refractivity contribution in [1.29, 1.82) is 0 Å². The number of hydrogen-bond acceptors (Lipinski definition) is 4. The molecule has 1 aliphatic heterocycles. The van der Waals surface area contributed by atoms with Crippen molar-refractivity contribution < 1.29 is 14.0 Å². The Hall–Kier alpha value is -2.57. The molecule has 0 radical (unpaired) electrons. The van der Waals surface area contributed by atoms with E-state index in [1.807, 2.05) is 0 Å². The van der Waals surface area contributed by atoms with Gasteiger partial charge in [-0.25, -0.2) is 0 Å². The SMILES string of the molecule is CN1CC(NC(=O)c2cc(-c3ccco3)[nH]n2)CC1=O. The van der Waals surface area contributed by atoms with Gasteiger partial charge in [0.1, 0.15) is 5.69 Å². The predicted octanol–water partition coefficient (Wildman–Crippen LogP) is 0.630. The molecule has 0 bridgehead atoms. The van der Waals surface area contributed by atoms with Gasteiger partial charge in [-0.1, -0.05) is 0 Å². The summed E-state index contributed by atoms with van der Waals surface area (Å²) in [5, 5.41) is 9.51. The molecular formula is C13H14N4O3. The Labute approximate surface area is 114 Å². The van der Waals surface area contributed by atoms with Crippen LogP contribution in [0.15, 0.2) is 28.9 Å². The number of hydrogen-bond donors (Lipinski definition) is 2. The van der Waals surface area contributed by atoms with Crippen molar-refractivity contribution in [3.63, 3.8) is 0 Å². The van der Waals surface area contributed by atoms with Gasteiger partial charge < -0.3 is 14.6 Å². The van der Waals surface area contributed by atoms with Crippen molar-refractivity contribution in [2.45, 2.75) is 12.5 Å². The van der Waals surface area contributed by atoms with Crippen LogP contribution in [0.25, 0.3) is 11.5 Å². The minimum absolute atomic E-state index is 0.0357. The molecule has 104 valence electrons. The lowest BCUT2D eigenvalue weighted by atomic mass is 10.2. The molecule has 7 nitrogen and oxygen atoms in total. The fourth-order valence-corrected chi connectivity index (χ4v) is 2.22. The number of H-pyrrole nitrogens is 1. The normalized spacial score (nSPS) is 18.6. The average Bonchev–Trinajstić information content (AvgIpc) is 3.12. The number of likely N-dealkylation sites (N-methyl/N-ethyl adjacent to an activating group) is 1. The molecule has 1 aliphatic rings. The Morgan fingerprint density at radius 1 is 1.60 bits per heavy atom. The lowest BCUT2D eigenvalue weighted by Gasteiger charge is -2.10. The van der Waals surface area contributed by atoms with E-state index in [1.54, 1.807) is 36.4 Å². The van der Waals surface area contributed by atoms with Crippen molar-refractivity contribution in [1.82, 2.24) is 20.4 Å². The van der Waals surface area contributed by atoms with E-state index in [4.69, 9.17) is 4.42 Å². The summed E-state index contributed by atoms with van der Waals surface area (Å²) in [5.41, 5.74) is 0.915. The van der Waals surface area contributed by atoms with E-state index < -0.39 is 0 Å². The van der Waals surface area contributed by atoms with E-state index in [0.717, 1.165) is 0 Å². The van der Waals surface area contributed by atoms with Crippen molar-refractivity contribution in [2.75, 3.05) is 13.6 Å². The summed E-state index contributed by atoms with van der Waals surface area (Å²) in [5.74, 6) is 0.355. The second-order valence-corrected chi connectivity index (χ2v) is 4.79. The van der Waals surface area contributed by atoms with E-state index in [0.29, 0.717) is 24.4 Å². The number of rotatable bonds is 3. The fraction of sp³-hybridized carbons (Fsp3) is 0.308. The topological polar surface area (TPSA) is 91.2 Å². The average molecular weight is 274 g/mol. The quantitative estimate of drug-likeness (QED) is 0.858. The van der Waals surface area contributed by atoms with Gasteiger partial charge >= 0.3 is 0 Å². The van der Waals surface area contributed by atoms with Crippen LogP contribution < -0.4 is 5.32 Å². The zero-order valence-corrected chi connectivity index (χ0v) is 10.9. The first-order valence-corrected chi connectivity index (χ1v) is 6.27. The fourth-order valence-electron chi connectivity index (χ4n) is 2.22. The van der Waals surface area contributed by atoms with Gasteiger partial charge in [0, 0.05) is 26.1 Å². The highest BCUT2D eigenvalue weighted by atomic mass is 16.3. The number of aromatic amines is 1. The second-order valence-electron chi connectivity index (χ2n) is 4.79. The number of nitrogens with one attached hydrogen (secondary N) is 2. The van der Waals surface area contributed by atoms with Gasteiger partial charge in [0.2, 0.25) is 5.91 Å². The standard InChI is InChI=1S/C13H14N4O3/c1-17-7-8(5-12(17)18)14-13(19)10-6-9(15-16-10)11-3-2-4-20-11/h2-4,6,8H,5,7H2,1H3,(H,14,19)(H,15,16). The number of carbonyl (C=O) groups excluding carboxylic acids is 2. The van der Waals surface area contributed by atoms with Crippen LogP contribution in [-0.4, -0.2) is 46.5 Å². The molecule has 3 rings (SSSR count). The molecule has 2 aromatic rings. The molecule has 3 heterocycles. The van der Waals surface area contributed by atoms with Crippen LogP contribution >= 0.6 is 0 Å². The zero-order chi connectivity index (χ0) is 14.1. The smallest absolute Gasteiger partial charge is 0.272 e. The Kier molecular flexibility index (Phi) is 3.02. The molecule has 1 atom stereocenters. The first kappa shape index (κ1) is 12.5. The molecule has 1 saturated heterocycles. The number of carbonyl (C=O) groups is 2. The second kappa shape index (κ2) is 4.84. The summed E-state index contributed by atoms with van der Waals surface area (Å²) in [4.78, 5) is 25.0. The largest absolute Gasteiger partial charge is 0.463 e. The molecule has 0 spiro atoms. The van der Waals surface area contributed by atoms with Crippen molar-refractivity contribution >= 4 is 11.8 Å². The first-order chi connectivity index (χ1) is 9.63. The highest BCUT2D eigenvalue weighted by Crippen LogP contribution is 2.18. The summed E-state index contributed by atoms with van der Waals surface area (Å²) in [7, 11) is 1.72. The molecule has 0 aromatic carbocycles. The lowest BCUT2D eigenvalue weighted by Crippen LogP contribution is -2.36. The number of amides is 2. The van der Waals surface area contributed by atoms with Crippen molar-refractivity contribution in [3.05, 3.63) is 30.2 Å². The van der Waals surface area contributed by atoms with Crippen molar-refractivity contribution in [2.24, 2.45) is 0 Å². The van der Waals surface area contributed by atoms with Gasteiger partial charge in [-0.15, -0.1) is 0 Å². The van der Waals surface area contributed by atoms with Crippen LogP contribution in [0.4, 0.5) is 0 Å². The molecule has 7 heteroatoms. The van der Waals surface area contributed by atoms with Crippen LogP contribution in [0.1, 0.15) is 16.9 Å². The Morgan fingerprint density at radius 3 is 3.10 bits per heavy atom. The summed E-state index contributed by atoms with van der Waals surface area (Å²) < 4.78 is 5.22. The number of aromatic nitrogens is 2. The highest BCUT2D eigenvalue weighted by molar-refractivity contribution is 5.94. The van der Waals surface area contributed by atoms with Crippen molar-refractivity contribution in [3.8, 4) is 11.5 Å². The zero-order valence-electron chi connectivity index (χ0n) is 10.9. The third-order valence-electron chi connectivity index (χ3n) is 3.27. The highest BCUT2D eigenvalue weighted by Gasteiger charge is 2.28. The third-order valence-corrected chi connectivity index (χ3v) is 3.27. The first-order valence-electron chi connectivity index (χ1n) is 6.27. The van der Waals surface area contributed by atoms with E-state index in [1.165, 1.54) is 0 Å². The van der Waals surface area contributed by atoms with Gasteiger partial charge in [-0.05, 0) is 12.1 Å². The molecule has 0 aliphatic carbocycles. The molecule has 1 unspecified atom stereocenters. The summed E-state index contributed by atoms with van der Waals surface area (Å²) in [6.07, 6.45) is 1.88. The number of nitrogens with zero attached hydrogens (tertiary/aromatic N) is 2. The molecule has 1 fully saturated rings. The molecule has 0 saturated carbocycles. The third kappa shape index (κ3) is 2.29. The summed E-state index contributed by atoms with van der Waals surface area (Å²) in [6, 6.07) is 4.99. The Balaban J connectivity index is 1.68. The summed E-state index contributed by atoms with van der Waals surface area (Å²) in [6.45, 7) is 0.528. The minimum atomic E-state index is -0.299. The molecule has 2 aromatic heterocycles. The maximum Gasteiger partial charge on any atom is 0.272 e. The molecular weight excluding hydrogens is 260 g/mol. The maximum absolute atomic E-state index is 12.0. The maximum atomic E-state index is 12.0.